The zero-order chi connectivity index (χ0) is 22.5. The number of hydrogen-bond donors (Lipinski definition) is 1. The number of likely N-dealkylation sites (tertiary alicyclic amines) is 1. The molecule has 32 heavy (non-hydrogen) atoms. The monoisotopic (exact) mass is 490 g/mol. The molecule has 1 fully saturated rings. The Hall–Kier alpha value is -3.25. The van der Waals surface area contributed by atoms with Crippen LogP contribution >= 0.6 is 15.9 Å². The first-order valence-corrected chi connectivity index (χ1v) is 11.4. The van der Waals surface area contributed by atoms with Crippen LogP contribution < -0.4 is 5.32 Å². The second-order valence-electron chi connectivity index (χ2n) is 7.84. The normalized spacial score (nSPS) is 14.1. The number of halogens is 1. The van der Waals surface area contributed by atoms with E-state index in [0.717, 1.165) is 4.47 Å². The summed E-state index contributed by atoms with van der Waals surface area (Å²) in [5.74, 6) is -0.340. The predicted molar refractivity (Wildman–Crippen MR) is 128 cm³/mol. The van der Waals surface area contributed by atoms with Crippen LogP contribution in [0, 0.1) is 5.92 Å². The molecule has 1 aliphatic rings. The number of anilines is 1. The highest BCUT2D eigenvalue weighted by molar-refractivity contribution is 9.10. The highest BCUT2D eigenvalue weighted by Gasteiger charge is 2.28. The molecule has 0 aromatic heterocycles. The molecular formula is C26H23BrN2O3. The quantitative estimate of drug-likeness (QED) is 0.501. The van der Waals surface area contributed by atoms with Crippen LogP contribution in [0.4, 0.5) is 5.69 Å². The number of ketones is 1. The van der Waals surface area contributed by atoms with E-state index < -0.39 is 0 Å². The van der Waals surface area contributed by atoms with Gasteiger partial charge < -0.3 is 10.2 Å². The van der Waals surface area contributed by atoms with Gasteiger partial charge >= 0.3 is 0 Å². The number of carbonyl (C=O) groups excluding carboxylic acids is 3. The van der Waals surface area contributed by atoms with Crippen molar-refractivity contribution in [2.45, 2.75) is 12.8 Å². The Labute approximate surface area is 195 Å². The first kappa shape index (κ1) is 22.0. The average Bonchev–Trinajstić information content (AvgIpc) is 2.84. The van der Waals surface area contributed by atoms with E-state index in [0.29, 0.717) is 48.3 Å². The molecule has 0 saturated carbocycles. The molecule has 0 unspecified atom stereocenters. The lowest BCUT2D eigenvalue weighted by molar-refractivity contribution is -0.121. The Bertz CT molecular complexity index is 1120. The van der Waals surface area contributed by atoms with Crippen LogP contribution in [-0.2, 0) is 4.79 Å². The lowest BCUT2D eigenvalue weighted by Crippen LogP contribution is -2.41. The van der Waals surface area contributed by atoms with Crippen LogP contribution in [0.5, 0.6) is 0 Å². The first-order chi connectivity index (χ1) is 15.5. The molecule has 0 atom stereocenters. The minimum atomic E-state index is -0.169. The van der Waals surface area contributed by atoms with Crippen molar-refractivity contribution in [1.29, 1.82) is 0 Å². The number of nitrogens with zero attached hydrogens (tertiary/aromatic N) is 1. The average molecular weight is 491 g/mol. The maximum Gasteiger partial charge on any atom is 0.253 e. The van der Waals surface area contributed by atoms with Crippen LogP contribution in [0.25, 0.3) is 0 Å². The molecule has 1 saturated heterocycles. The molecule has 0 radical (unpaired) electrons. The third-order valence-corrected chi connectivity index (χ3v) is 6.20. The minimum absolute atomic E-state index is 0.0107. The van der Waals surface area contributed by atoms with Gasteiger partial charge in [-0.2, -0.15) is 0 Å². The zero-order valence-electron chi connectivity index (χ0n) is 17.5. The highest BCUT2D eigenvalue weighted by atomic mass is 79.9. The number of rotatable bonds is 5. The summed E-state index contributed by atoms with van der Waals surface area (Å²) >= 11 is 3.38. The van der Waals surface area contributed by atoms with Gasteiger partial charge in [0.1, 0.15) is 0 Å². The van der Waals surface area contributed by atoms with Crippen LogP contribution in [0.3, 0.4) is 0 Å². The van der Waals surface area contributed by atoms with E-state index in [-0.39, 0.29) is 23.5 Å². The van der Waals surface area contributed by atoms with Gasteiger partial charge in [0, 0.05) is 45.9 Å². The molecule has 2 amide bonds. The largest absolute Gasteiger partial charge is 0.339 e. The Morgan fingerprint density at radius 3 is 2.12 bits per heavy atom. The summed E-state index contributed by atoms with van der Waals surface area (Å²) < 4.78 is 0.930. The Balaban J connectivity index is 1.35. The predicted octanol–water partition coefficient (Wildman–Crippen LogP) is 5.17. The summed E-state index contributed by atoms with van der Waals surface area (Å²) in [6.07, 6.45) is 1.22. The van der Waals surface area contributed by atoms with E-state index in [1.165, 1.54) is 0 Å². The number of carbonyl (C=O) groups is 3. The molecule has 0 aliphatic carbocycles. The number of nitrogens with one attached hydrogen (secondary N) is 1. The van der Waals surface area contributed by atoms with Gasteiger partial charge in [-0.1, -0.05) is 58.4 Å². The third-order valence-electron chi connectivity index (χ3n) is 5.67. The van der Waals surface area contributed by atoms with Crippen LogP contribution in [0.1, 0.15) is 39.1 Å². The molecule has 6 heteroatoms. The first-order valence-electron chi connectivity index (χ1n) is 10.6. The van der Waals surface area contributed by atoms with Gasteiger partial charge in [-0.25, -0.2) is 0 Å². The zero-order valence-corrected chi connectivity index (χ0v) is 19.0. The van der Waals surface area contributed by atoms with Crippen molar-refractivity contribution >= 4 is 39.2 Å². The fourth-order valence-electron chi connectivity index (χ4n) is 3.86. The molecule has 0 spiro atoms. The fourth-order valence-corrected chi connectivity index (χ4v) is 4.12. The number of piperidine rings is 1. The van der Waals surface area contributed by atoms with E-state index in [2.05, 4.69) is 21.2 Å². The van der Waals surface area contributed by atoms with E-state index >= 15 is 0 Å². The maximum absolute atomic E-state index is 12.8. The summed E-state index contributed by atoms with van der Waals surface area (Å²) in [6, 6.07) is 23.4. The molecule has 1 aliphatic heterocycles. The van der Waals surface area contributed by atoms with Crippen molar-refractivity contribution in [3.05, 3.63) is 100 Å². The van der Waals surface area contributed by atoms with Gasteiger partial charge in [0.05, 0.1) is 0 Å². The number of hydrogen-bond acceptors (Lipinski definition) is 3. The summed E-state index contributed by atoms with van der Waals surface area (Å²) in [6.45, 7) is 1.08. The van der Waals surface area contributed by atoms with Crippen LogP contribution in [-0.4, -0.2) is 35.6 Å². The Morgan fingerprint density at radius 2 is 1.44 bits per heavy atom. The van der Waals surface area contributed by atoms with Gasteiger partial charge in [0.2, 0.25) is 5.91 Å². The topological polar surface area (TPSA) is 66.5 Å². The molecule has 1 heterocycles. The fraction of sp³-hybridized carbons (Fsp3) is 0.192. The minimum Gasteiger partial charge on any atom is -0.339 e. The van der Waals surface area contributed by atoms with Crippen molar-refractivity contribution in [3.8, 4) is 0 Å². The molecule has 3 aromatic rings. The van der Waals surface area contributed by atoms with Gasteiger partial charge in [-0.15, -0.1) is 0 Å². The smallest absolute Gasteiger partial charge is 0.253 e. The van der Waals surface area contributed by atoms with Crippen molar-refractivity contribution in [2.24, 2.45) is 5.92 Å². The Kier molecular flexibility index (Phi) is 6.81. The second kappa shape index (κ2) is 9.92. The van der Waals surface area contributed by atoms with Gasteiger partial charge in [-0.05, 0) is 49.2 Å². The molecule has 162 valence electrons. The lowest BCUT2D eigenvalue weighted by atomic mass is 9.95. The summed E-state index contributed by atoms with van der Waals surface area (Å²) in [5, 5.41) is 2.94. The SMILES string of the molecule is O=C(c1ccccc1)c1cccc(NC(=O)C2CCN(C(=O)c3ccc(Br)cc3)CC2)c1. The van der Waals surface area contributed by atoms with Crippen LogP contribution in [0.2, 0.25) is 0 Å². The van der Waals surface area contributed by atoms with Crippen molar-refractivity contribution in [3.63, 3.8) is 0 Å². The lowest BCUT2D eigenvalue weighted by Gasteiger charge is -2.31. The molecule has 5 nitrogen and oxygen atoms in total. The Morgan fingerprint density at radius 1 is 0.781 bits per heavy atom. The second-order valence-corrected chi connectivity index (χ2v) is 8.75. The van der Waals surface area contributed by atoms with E-state index in [1.54, 1.807) is 53.4 Å². The maximum atomic E-state index is 12.8. The summed E-state index contributed by atoms with van der Waals surface area (Å²) in [7, 11) is 0. The molecular weight excluding hydrogens is 468 g/mol. The number of amides is 2. The van der Waals surface area contributed by atoms with Gasteiger partial charge in [0.25, 0.3) is 5.91 Å². The molecule has 4 rings (SSSR count). The third kappa shape index (κ3) is 5.14. The van der Waals surface area contributed by atoms with Crippen LogP contribution in [0.15, 0.2) is 83.3 Å². The van der Waals surface area contributed by atoms with E-state index in [9.17, 15) is 14.4 Å². The van der Waals surface area contributed by atoms with Crippen molar-refractivity contribution < 1.29 is 14.4 Å². The highest BCUT2D eigenvalue weighted by Crippen LogP contribution is 2.22. The summed E-state index contributed by atoms with van der Waals surface area (Å²) in [4.78, 5) is 39.9. The van der Waals surface area contributed by atoms with Gasteiger partial charge in [-0.3, -0.25) is 14.4 Å². The van der Waals surface area contributed by atoms with Gasteiger partial charge in [0.15, 0.2) is 5.78 Å². The van der Waals surface area contributed by atoms with Crippen molar-refractivity contribution in [1.82, 2.24) is 4.90 Å². The molecule has 0 bridgehead atoms. The molecule has 3 aromatic carbocycles. The van der Waals surface area contributed by atoms with E-state index in [4.69, 9.17) is 0 Å². The van der Waals surface area contributed by atoms with E-state index in [1.807, 2.05) is 30.3 Å². The number of benzene rings is 3. The standard InChI is InChI=1S/C26H23BrN2O3/c27-22-11-9-20(10-12-22)26(32)29-15-13-19(14-16-29)25(31)28-23-8-4-7-21(17-23)24(30)18-5-2-1-3-6-18/h1-12,17,19H,13-16H2,(H,28,31). The van der Waals surface area contributed by atoms with Crippen molar-refractivity contribution in [2.75, 3.05) is 18.4 Å². The summed E-state index contributed by atoms with van der Waals surface area (Å²) in [5.41, 5.74) is 2.39. The molecule has 1 N–H and O–H groups in total.